The summed E-state index contributed by atoms with van der Waals surface area (Å²) in [6, 6.07) is 8.08. The summed E-state index contributed by atoms with van der Waals surface area (Å²) in [6.07, 6.45) is 1.80. The number of morpholine rings is 1. The molecule has 2 aliphatic heterocycles. The van der Waals surface area contributed by atoms with E-state index in [-0.39, 0.29) is 11.1 Å². The summed E-state index contributed by atoms with van der Waals surface area (Å²) >= 11 is 1.01. The van der Waals surface area contributed by atoms with Gasteiger partial charge in [0.25, 0.3) is 11.1 Å². The van der Waals surface area contributed by atoms with E-state index in [1.807, 2.05) is 12.1 Å². The fraction of sp³-hybridized carbons (Fsp3) is 0.474. The molecule has 0 bridgehead atoms. The lowest BCUT2D eigenvalue weighted by atomic mass is 10.1. The maximum Gasteiger partial charge on any atom is 0.294 e. The van der Waals surface area contributed by atoms with Gasteiger partial charge >= 0.3 is 0 Å². The van der Waals surface area contributed by atoms with Crippen molar-refractivity contribution in [2.45, 2.75) is 13.8 Å². The van der Waals surface area contributed by atoms with Crippen LogP contribution in [0.25, 0.3) is 6.08 Å². The average Bonchev–Trinajstić information content (AvgIpc) is 2.92. The first kappa shape index (κ1) is 18.9. The van der Waals surface area contributed by atoms with Crippen molar-refractivity contribution < 1.29 is 14.3 Å². The average molecular weight is 375 g/mol. The highest BCUT2D eigenvalue weighted by Crippen LogP contribution is 2.32. The number of anilines is 1. The molecule has 0 N–H and O–H groups in total. The molecule has 2 amide bonds. The lowest BCUT2D eigenvalue weighted by Gasteiger charge is -2.29. The number of ether oxygens (including phenoxy) is 1. The van der Waals surface area contributed by atoms with Crippen molar-refractivity contribution in [3.05, 3.63) is 34.7 Å². The molecule has 0 aromatic heterocycles. The topological polar surface area (TPSA) is 53.1 Å². The van der Waals surface area contributed by atoms with Gasteiger partial charge in [0, 0.05) is 31.9 Å². The molecule has 6 nitrogen and oxygen atoms in total. The second-order valence-corrected chi connectivity index (χ2v) is 7.24. The molecule has 0 spiro atoms. The van der Waals surface area contributed by atoms with Crippen molar-refractivity contribution >= 4 is 34.7 Å². The van der Waals surface area contributed by atoms with E-state index < -0.39 is 0 Å². The van der Waals surface area contributed by atoms with Gasteiger partial charge in [0.05, 0.1) is 24.8 Å². The maximum atomic E-state index is 12.6. The minimum Gasteiger partial charge on any atom is -0.379 e. The van der Waals surface area contributed by atoms with Gasteiger partial charge in [-0.05, 0) is 49.4 Å². The van der Waals surface area contributed by atoms with Gasteiger partial charge in [-0.2, -0.15) is 0 Å². The molecule has 7 heteroatoms. The van der Waals surface area contributed by atoms with Gasteiger partial charge in [0.15, 0.2) is 0 Å². The molecule has 2 fully saturated rings. The Bertz CT molecular complexity index is 680. The molecule has 3 rings (SSSR count). The van der Waals surface area contributed by atoms with Crippen LogP contribution in [0, 0.1) is 0 Å². The molecule has 0 aliphatic carbocycles. The van der Waals surface area contributed by atoms with Crippen LogP contribution in [0.15, 0.2) is 29.2 Å². The number of nitrogens with zero attached hydrogens (tertiary/aromatic N) is 3. The number of rotatable bonds is 6. The number of hydrogen-bond donors (Lipinski definition) is 0. The zero-order valence-corrected chi connectivity index (χ0v) is 16.1. The summed E-state index contributed by atoms with van der Waals surface area (Å²) in [7, 11) is 0. The first-order valence-corrected chi connectivity index (χ1v) is 9.84. The number of thioether (sulfide) groups is 1. The third-order valence-corrected chi connectivity index (χ3v) is 5.55. The number of carbonyl (C=O) groups is 2. The van der Waals surface area contributed by atoms with E-state index in [4.69, 9.17) is 4.74 Å². The second kappa shape index (κ2) is 8.70. The van der Waals surface area contributed by atoms with Crippen LogP contribution in [0.2, 0.25) is 0 Å². The van der Waals surface area contributed by atoms with Crippen LogP contribution in [0.5, 0.6) is 0 Å². The molecule has 2 heterocycles. The number of imide groups is 1. The lowest BCUT2D eigenvalue weighted by Crippen LogP contribution is -2.45. The summed E-state index contributed by atoms with van der Waals surface area (Å²) in [4.78, 5) is 31.0. The number of benzene rings is 1. The molecular weight excluding hydrogens is 350 g/mol. The Hall–Kier alpha value is -1.83. The zero-order valence-electron chi connectivity index (χ0n) is 15.3. The molecule has 0 unspecified atom stereocenters. The fourth-order valence-electron chi connectivity index (χ4n) is 3.09. The maximum absolute atomic E-state index is 12.6. The van der Waals surface area contributed by atoms with Crippen LogP contribution >= 0.6 is 11.8 Å². The van der Waals surface area contributed by atoms with E-state index in [1.165, 1.54) is 4.90 Å². The third-order valence-electron chi connectivity index (χ3n) is 4.64. The Kier molecular flexibility index (Phi) is 6.34. The Morgan fingerprint density at radius 2 is 1.77 bits per heavy atom. The van der Waals surface area contributed by atoms with E-state index in [2.05, 4.69) is 35.8 Å². The van der Waals surface area contributed by atoms with Crippen LogP contribution in [-0.4, -0.2) is 67.0 Å². The second-order valence-electron chi connectivity index (χ2n) is 6.25. The van der Waals surface area contributed by atoms with E-state index >= 15 is 0 Å². The summed E-state index contributed by atoms with van der Waals surface area (Å²) in [6.45, 7) is 9.28. The smallest absolute Gasteiger partial charge is 0.294 e. The highest BCUT2D eigenvalue weighted by molar-refractivity contribution is 8.18. The number of amides is 2. The van der Waals surface area contributed by atoms with Gasteiger partial charge in [-0.1, -0.05) is 12.1 Å². The van der Waals surface area contributed by atoms with Crippen molar-refractivity contribution in [1.29, 1.82) is 0 Å². The first-order valence-electron chi connectivity index (χ1n) is 9.02. The Labute approximate surface area is 158 Å². The van der Waals surface area contributed by atoms with Gasteiger partial charge in [0.2, 0.25) is 0 Å². The van der Waals surface area contributed by atoms with Crippen molar-refractivity contribution in [1.82, 2.24) is 9.80 Å². The Morgan fingerprint density at radius 1 is 1.12 bits per heavy atom. The predicted molar refractivity (Wildman–Crippen MR) is 105 cm³/mol. The van der Waals surface area contributed by atoms with E-state index in [0.29, 0.717) is 24.8 Å². The van der Waals surface area contributed by atoms with Gasteiger partial charge < -0.3 is 9.64 Å². The molecule has 0 atom stereocenters. The predicted octanol–water partition coefficient (Wildman–Crippen LogP) is 2.86. The molecule has 2 saturated heterocycles. The van der Waals surface area contributed by atoms with Crippen LogP contribution in [-0.2, 0) is 9.53 Å². The van der Waals surface area contributed by atoms with Crippen molar-refractivity contribution in [3.63, 3.8) is 0 Å². The Morgan fingerprint density at radius 3 is 2.38 bits per heavy atom. The molecule has 0 saturated carbocycles. The van der Waals surface area contributed by atoms with Gasteiger partial charge in [0.1, 0.15) is 0 Å². The lowest BCUT2D eigenvalue weighted by molar-refractivity contribution is -0.125. The largest absolute Gasteiger partial charge is 0.379 e. The normalized spacial score (nSPS) is 20.2. The van der Waals surface area contributed by atoms with Crippen LogP contribution < -0.4 is 4.90 Å². The van der Waals surface area contributed by atoms with E-state index in [0.717, 1.165) is 49.2 Å². The fourth-order valence-corrected chi connectivity index (χ4v) is 3.92. The number of hydrogen-bond acceptors (Lipinski definition) is 6. The van der Waals surface area contributed by atoms with Crippen molar-refractivity contribution in [2.75, 3.05) is 51.0 Å². The molecular formula is C19H25N3O3S. The van der Waals surface area contributed by atoms with E-state index in [9.17, 15) is 9.59 Å². The minimum absolute atomic E-state index is 0.201. The molecule has 140 valence electrons. The Balaban J connectivity index is 1.69. The quantitative estimate of drug-likeness (QED) is 0.713. The monoisotopic (exact) mass is 375 g/mol. The third kappa shape index (κ3) is 4.28. The summed E-state index contributed by atoms with van der Waals surface area (Å²) in [5.74, 6) is -0.209. The SMILES string of the molecule is CCN(CC)c1ccc(C=C2SC(=O)N(CN3CCOCC3)C2=O)cc1. The van der Waals surface area contributed by atoms with E-state index in [1.54, 1.807) is 6.08 Å². The summed E-state index contributed by atoms with van der Waals surface area (Å²) in [5, 5.41) is -0.201. The van der Waals surface area contributed by atoms with Crippen LogP contribution in [0.4, 0.5) is 10.5 Å². The van der Waals surface area contributed by atoms with Gasteiger partial charge in [-0.3, -0.25) is 19.4 Å². The van der Waals surface area contributed by atoms with Crippen LogP contribution in [0.1, 0.15) is 19.4 Å². The highest BCUT2D eigenvalue weighted by Gasteiger charge is 2.36. The van der Waals surface area contributed by atoms with Crippen LogP contribution in [0.3, 0.4) is 0 Å². The molecule has 1 aromatic rings. The van der Waals surface area contributed by atoms with Gasteiger partial charge in [-0.15, -0.1) is 0 Å². The molecule has 26 heavy (non-hydrogen) atoms. The summed E-state index contributed by atoms with van der Waals surface area (Å²) in [5.41, 5.74) is 2.09. The zero-order chi connectivity index (χ0) is 18.5. The summed E-state index contributed by atoms with van der Waals surface area (Å²) < 4.78 is 5.31. The van der Waals surface area contributed by atoms with Crippen molar-refractivity contribution in [3.8, 4) is 0 Å². The molecule has 2 aliphatic rings. The number of carbonyl (C=O) groups excluding carboxylic acids is 2. The first-order chi connectivity index (χ1) is 12.6. The van der Waals surface area contributed by atoms with Gasteiger partial charge in [-0.25, -0.2) is 0 Å². The highest BCUT2D eigenvalue weighted by atomic mass is 32.2. The minimum atomic E-state index is -0.209. The van der Waals surface area contributed by atoms with Crippen molar-refractivity contribution in [2.24, 2.45) is 0 Å². The standard InChI is InChI=1S/C19H25N3O3S/c1-3-21(4-2)16-7-5-15(6-8-16)13-17-18(23)22(19(24)26-17)14-20-9-11-25-12-10-20/h5-8,13H,3-4,9-12,14H2,1-2H3. The molecule has 0 radical (unpaired) electrons. The molecule has 1 aromatic carbocycles.